The topological polar surface area (TPSA) is 58.2 Å². The van der Waals surface area contributed by atoms with Gasteiger partial charge in [0, 0.05) is 18.3 Å². The highest BCUT2D eigenvalue weighted by atomic mass is 32.2. The second kappa shape index (κ2) is 8.64. The highest BCUT2D eigenvalue weighted by Gasteiger charge is 2.09. The minimum absolute atomic E-state index is 0.0248. The lowest BCUT2D eigenvalue weighted by Crippen LogP contribution is -2.19. The van der Waals surface area contributed by atoms with Gasteiger partial charge in [-0.3, -0.25) is 9.59 Å². The number of hydrogen-bond acceptors (Lipinski definition) is 3. The van der Waals surface area contributed by atoms with Crippen LogP contribution in [0.2, 0.25) is 0 Å². The lowest BCUT2D eigenvalue weighted by atomic mass is 10.1. The number of rotatable bonds is 7. The van der Waals surface area contributed by atoms with Crippen LogP contribution in [-0.2, 0) is 4.79 Å². The van der Waals surface area contributed by atoms with Gasteiger partial charge in [-0.05, 0) is 36.8 Å². The highest BCUT2D eigenvalue weighted by molar-refractivity contribution is 7.99. The summed E-state index contributed by atoms with van der Waals surface area (Å²) in [7, 11) is 1.59. The molecule has 5 heteroatoms. The molecule has 1 aromatic rings. The SMILES string of the molecule is CCCCSCC(=O)Nc1cc(C(=O)NC)ccc1C. The molecule has 1 aromatic carbocycles. The largest absolute Gasteiger partial charge is 0.355 e. The molecule has 0 saturated carbocycles. The molecule has 0 saturated heterocycles. The van der Waals surface area contributed by atoms with E-state index in [1.165, 1.54) is 0 Å². The molecule has 0 heterocycles. The van der Waals surface area contributed by atoms with Crippen molar-refractivity contribution in [1.29, 1.82) is 0 Å². The summed E-state index contributed by atoms with van der Waals surface area (Å²) in [5.41, 5.74) is 2.20. The Hall–Kier alpha value is -1.49. The van der Waals surface area contributed by atoms with Crippen molar-refractivity contribution in [3.05, 3.63) is 29.3 Å². The number of carbonyl (C=O) groups excluding carboxylic acids is 2. The van der Waals surface area contributed by atoms with E-state index in [1.807, 2.05) is 13.0 Å². The van der Waals surface area contributed by atoms with E-state index in [1.54, 1.807) is 30.9 Å². The van der Waals surface area contributed by atoms with Gasteiger partial charge in [-0.2, -0.15) is 11.8 Å². The normalized spacial score (nSPS) is 10.2. The van der Waals surface area contributed by atoms with E-state index in [0.29, 0.717) is 17.0 Å². The van der Waals surface area contributed by atoms with Gasteiger partial charge in [0.15, 0.2) is 0 Å². The Labute approximate surface area is 124 Å². The summed E-state index contributed by atoms with van der Waals surface area (Å²) in [6, 6.07) is 5.30. The van der Waals surface area contributed by atoms with Gasteiger partial charge in [0.25, 0.3) is 5.91 Å². The third-order valence-electron chi connectivity index (χ3n) is 2.88. The number of carbonyl (C=O) groups is 2. The van der Waals surface area contributed by atoms with Crippen molar-refractivity contribution in [1.82, 2.24) is 5.32 Å². The zero-order valence-corrected chi connectivity index (χ0v) is 13.1. The van der Waals surface area contributed by atoms with E-state index in [-0.39, 0.29) is 11.8 Å². The fourth-order valence-corrected chi connectivity index (χ4v) is 2.53. The first-order valence-electron chi connectivity index (χ1n) is 6.78. The molecule has 1 rings (SSSR count). The molecule has 0 spiro atoms. The molecule has 2 N–H and O–H groups in total. The first-order valence-corrected chi connectivity index (χ1v) is 7.94. The lowest BCUT2D eigenvalue weighted by molar-refractivity contribution is -0.113. The van der Waals surface area contributed by atoms with Gasteiger partial charge in [-0.15, -0.1) is 0 Å². The van der Waals surface area contributed by atoms with Crippen LogP contribution < -0.4 is 10.6 Å². The predicted octanol–water partition coefficient (Wildman–Crippen LogP) is 2.83. The Morgan fingerprint density at radius 3 is 2.70 bits per heavy atom. The molecule has 0 unspecified atom stereocenters. The van der Waals surface area contributed by atoms with Crippen LogP contribution in [0.15, 0.2) is 18.2 Å². The van der Waals surface area contributed by atoms with Crippen molar-refractivity contribution in [2.75, 3.05) is 23.9 Å². The third-order valence-corrected chi connectivity index (χ3v) is 3.92. The molecular formula is C15H22N2O2S. The quantitative estimate of drug-likeness (QED) is 0.760. The average molecular weight is 294 g/mol. The van der Waals surface area contributed by atoms with Crippen molar-refractivity contribution in [3.63, 3.8) is 0 Å². The standard InChI is InChI=1S/C15H22N2O2S/c1-4-5-8-20-10-14(18)17-13-9-12(15(19)16-3)7-6-11(13)2/h6-7,9H,4-5,8,10H2,1-3H3,(H,16,19)(H,17,18). The van der Waals surface area contributed by atoms with Crippen LogP contribution in [-0.4, -0.2) is 30.4 Å². The van der Waals surface area contributed by atoms with Gasteiger partial charge in [0.2, 0.25) is 5.91 Å². The van der Waals surface area contributed by atoms with Crippen molar-refractivity contribution in [3.8, 4) is 0 Å². The summed E-state index contributed by atoms with van der Waals surface area (Å²) in [6.45, 7) is 4.04. The number of unbranched alkanes of at least 4 members (excludes halogenated alkanes) is 1. The van der Waals surface area contributed by atoms with Gasteiger partial charge in [0.05, 0.1) is 5.75 Å². The van der Waals surface area contributed by atoms with Crippen LogP contribution in [0.1, 0.15) is 35.7 Å². The third kappa shape index (κ3) is 5.25. The van der Waals surface area contributed by atoms with E-state index in [4.69, 9.17) is 0 Å². The second-order valence-corrected chi connectivity index (χ2v) is 5.67. The zero-order chi connectivity index (χ0) is 15.0. The van der Waals surface area contributed by atoms with E-state index in [2.05, 4.69) is 17.6 Å². The maximum absolute atomic E-state index is 11.8. The van der Waals surface area contributed by atoms with Gasteiger partial charge in [0.1, 0.15) is 0 Å². The Morgan fingerprint density at radius 1 is 1.30 bits per heavy atom. The molecule has 110 valence electrons. The van der Waals surface area contributed by atoms with Crippen LogP contribution in [0, 0.1) is 6.92 Å². The number of benzene rings is 1. The molecular weight excluding hydrogens is 272 g/mol. The summed E-state index contributed by atoms with van der Waals surface area (Å²) in [5, 5.41) is 5.44. The molecule has 0 radical (unpaired) electrons. The number of nitrogens with one attached hydrogen (secondary N) is 2. The first-order chi connectivity index (χ1) is 9.58. The van der Waals surface area contributed by atoms with Gasteiger partial charge < -0.3 is 10.6 Å². The van der Waals surface area contributed by atoms with Crippen LogP contribution in [0.4, 0.5) is 5.69 Å². The van der Waals surface area contributed by atoms with E-state index >= 15 is 0 Å². The van der Waals surface area contributed by atoms with Gasteiger partial charge >= 0.3 is 0 Å². The fraction of sp³-hybridized carbons (Fsp3) is 0.467. The molecule has 2 amide bonds. The molecule has 0 fully saturated rings. The van der Waals surface area contributed by atoms with Crippen LogP contribution in [0.3, 0.4) is 0 Å². The number of thioether (sulfide) groups is 1. The monoisotopic (exact) mass is 294 g/mol. The summed E-state index contributed by atoms with van der Waals surface area (Å²) in [4.78, 5) is 23.4. The Balaban J connectivity index is 2.62. The molecule has 0 aliphatic rings. The van der Waals surface area contributed by atoms with Crippen LogP contribution >= 0.6 is 11.8 Å². The summed E-state index contributed by atoms with van der Waals surface area (Å²) in [5.74, 6) is 1.27. The first kappa shape index (κ1) is 16.6. The Morgan fingerprint density at radius 2 is 2.05 bits per heavy atom. The molecule has 0 bridgehead atoms. The maximum Gasteiger partial charge on any atom is 0.251 e. The van der Waals surface area contributed by atoms with E-state index < -0.39 is 0 Å². The smallest absolute Gasteiger partial charge is 0.251 e. The number of amides is 2. The molecule has 0 aromatic heterocycles. The fourth-order valence-electron chi connectivity index (χ4n) is 1.64. The molecule has 0 aliphatic heterocycles. The Kier molecular flexibility index (Phi) is 7.15. The summed E-state index contributed by atoms with van der Waals surface area (Å²) < 4.78 is 0. The highest BCUT2D eigenvalue weighted by Crippen LogP contribution is 2.17. The summed E-state index contributed by atoms with van der Waals surface area (Å²) >= 11 is 1.63. The summed E-state index contributed by atoms with van der Waals surface area (Å²) in [6.07, 6.45) is 2.27. The van der Waals surface area contributed by atoms with Crippen molar-refractivity contribution >= 4 is 29.3 Å². The predicted molar refractivity (Wildman–Crippen MR) is 85.4 cm³/mol. The van der Waals surface area contributed by atoms with Crippen LogP contribution in [0.5, 0.6) is 0 Å². The van der Waals surface area contributed by atoms with Crippen molar-refractivity contribution in [2.24, 2.45) is 0 Å². The number of aryl methyl sites for hydroxylation is 1. The molecule has 20 heavy (non-hydrogen) atoms. The number of anilines is 1. The van der Waals surface area contributed by atoms with Crippen LogP contribution in [0.25, 0.3) is 0 Å². The maximum atomic E-state index is 11.8. The molecule has 0 aliphatic carbocycles. The zero-order valence-electron chi connectivity index (χ0n) is 12.3. The Bertz CT molecular complexity index is 475. The molecule has 4 nitrogen and oxygen atoms in total. The van der Waals surface area contributed by atoms with E-state index in [0.717, 1.165) is 24.2 Å². The lowest BCUT2D eigenvalue weighted by Gasteiger charge is -2.10. The van der Waals surface area contributed by atoms with Gasteiger partial charge in [-0.25, -0.2) is 0 Å². The number of hydrogen-bond donors (Lipinski definition) is 2. The minimum Gasteiger partial charge on any atom is -0.355 e. The average Bonchev–Trinajstić information content (AvgIpc) is 2.45. The second-order valence-electron chi connectivity index (χ2n) is 4.56. The van der Waals surface area contributed by atoms with Crippen molar-refractivity contribution in [2.45, 2.75) is 26.7 Å². The van der Waals surface area contributed by atoms with Crippen molar-refractivity contribution < 1.29 is 9.59 Å². The van der Waals surface area contributed by atoms with E-state index in [9.17, 15) is 9.59 Å². The van der Waals surface area contributed by atoms with Gasteiger partial charge in [-0.1, -0.05) is 19.4 Å². The molecule has 0 atom stereocenters. The minimum atomic E-state index is -0.155.